The summed E-state index contributed by atoms with van der Waals surface area (Å²) >= 11 is 2.75. The van der Waals surface area contributed by atoms with Crippen LogP contribution >= 0.6 is 23.1 Å². The zero-order valence-corrected chi connectivity index (χ0v) is 21.6. The number of hydrogen-bond donors (Lipinski definition) is 1. The van der Waals surface area contributed by atoms with E-state index in [2.05, 4.69) is 21.6 Å². The van der Waals surface area contributed by atoms with Crippen LogP contribution in [0.1, 0.15) is 57.2 Å². The third-order valence-electron chi connectivity index (χ3n) is 5.76. The number of aryl methyl sites for hydroxylation is 3. The van der Waals surface area contributed by atoms with E-state index in [1.165, 1.54) is 35.8 Å². The Balaban J connectivity index is 1.39. The lowest BCUT2D eigenvalue weighted by molar-refractivity contribution is -0.113. The highest BCUT2D eigenvalue weighted by Gasteiger charge is 2.28. The number of ether oxygens (including phenoxy) is 2. The van der Waals surface area contributed by atoms with Crippen LogP contribution in [-0.4, -0.2) is 39.5 Å². The molecule has 0 radical (unpaired) electrons. The molecule has 1 amide bonds. The van der Waals surface area contributed by atoms with E-state index >= 15 is 0 Å². The van der Waals surface area contributed by atoms with E-state index in [9.17, 15) is 9.59 Å². The predicted octanol–water partition coefficient (Wildman–Crippen LogP) is 4.64. The topological polar surface area (TPSA) is 95.3 Å². The van der Waals surface area contributed by atoms with Crippen molar-refractivity contribution in [2.75, 3.05) is 18.2 Å². The fourth-order valence-corrected chi connectivity index (χ4v) is 6.10. The normalized spacial score (nSPS) is 13.4. The first kappa shape index (κ1) is 24.3. The largest absolute Gasteiger partial charge is 0.482 e. The molecule has 0 aliphatic heterocycles. The number of thioether (sulfide) groups is 1. The van der Waals surface area contributed by atoms with Crippen molar-refractivity contribution < 1.29 is 19.1 Å². The predicted molar refractivity (Wildman–Crippen MR) is 133 cm³/mol. The SMILES string of the molecule is COC(=O)c1c(NC(=O)CSc2nnc(C(C)Oc3ccc(C)cc3C)n2C)sc2c1CCC2. The molecule has 1 N–H and O–H groups in total. The van der Waals surface area contributed by atoms with Crippen LogP contribution in [0.25, 0.3) is 0 Å². The number of nitrogens with one attached hydrogen (secondary N) is 1. The number of benzene rings is 1. The summed E-state index contributed by atoms with van der Waals surface area (Å²) in [4.78, 5) is 26.1. The number of aromatic nitrogens is 3. The summed E-state index contributed by atoms with van der Waals surface area (Å²) in [6.07, 6.45) is 2.48. The number of rotatable bonds is 8. The molecule has 8 nitrogen and oxygen atoms in total. The Morgan fingerprint density at radius 1 is 1.26 bits per heavy atom. The monoisotopic (exact) mass is 500 g/mol. The van der Waals surface area contributed by atoms with Gasteiger partial charge < -0.3 is 19.4 Å². The number of carbonyl (C=O) groups is 2. The van der Waals surface area contributed by atoms with Gasteiger partial charge in [-0.15, -0.1) is 21.5 Å². The van der Waals surface area contributed by atoms with Gasteiger partial charge in [0.1, 0.15) is 10.8 Å². The quantitative estimate of drug-likeness (QED) is 0.356. The van der Waals surface area contributed by atoms with Gasteiger partial charge in [-0.1, -0.05) is 29.5 Å². The Morgan fingerprint density at radius 3 is 2.79 bits per heavy atom. The van der Waals surface area contributed by atoms with E-state index in [4.69, 9.17) is 9.47 Å². The Hall–Kier alpha value is -2.85. The molecule has 180 valence electrons. The molecule has 1 unspecified atom stereocenters. The molecule has 4 rings (SSSR count). The van der Waals surface area contributed by atoms with Crippen molar-refractivity contribution in [3.8, 4) is 5.75 Å². The second-order valence-corrected chi connectivity index (χ2v) is 10.4. The molecule has 0 bridgehead atoms. The first-order valence-corrected chi connectivity index (χ1v) is 12.9. The molecule has 0 spiro atoms. The molecular formula is C24H28N4O4S2. The number of fused-ring (bicyclic) bond motifs is 1. The highest BCUT2D eigenvalue weighted by molar-refractivity contribution is 7.99. The van der Waals surface area contributed by atoms with Gasteiger partial charge in [0.15, 0.2) is 17.1 Å². The summed E-state index contributed by atoms with van der Waals surface area (Å²) in [5.74, 6) is 1.00. The third-order valence-corrected chi connectivity index (χ3v) is 7.99. The van der Waals surface area contributed by atoms with Crippen LogP contribution < -0.4 is 10.1 Å². The summed E-state index contributed by atoms with van der Waals surface area (Å²) in [5.41, 5.74) is 3.75. The maximum Gasteiger partial charge on any atom is 0.341 e. The van der Waals surface area contributed by atoms with Crippen molar-refractivity contribution in [2.45, 2.75) is 51.3 Å². The highest BCUT2D eigenvalue weighted by atomic mass is 32.2. The second-order valence-electron chi connectivity index (χ2n) is 8.32. The number of methoxy groups -OCH3 is 1. The second kappa shape index (κ2) is 10.2. The molecule has 34 heavy (non-hydrogen) atoms. The number of hydrogen-bond acceptors (Lipinski definition) is 8. The summed E-state index contributed by atoms with van der Waals surface area (Å²) in [6.45, 7) is 5.98. The third kappa shape index (κ3) is 4.97. The molecule has 3 aromatic rings. The number of thiophene rings is 1. The van der Waals surface area contributed by atoms with Crippen molar-refractivity contribution in [2.24, 2.45) is 7.05 Å². The molecule has 0 saturated heterocycles. The zero-order valence-electron chi connectivity index (χ0n) is 19.9. The van der Waals surface area contributed by atoms with E-state index in [-0.39, 0.29) is 17.8 Å². The van der Waals surface area contributed by atoms with E-state index in [0.29, 0.717) is 21.5 Å². The van der Waals surface area contributed by atoms with E-state index in [1.54, 1.807) is 0 Å². The van der Waals surface area contributed by atoms with Gasteiger partial charge in [-0.25, -0.2) is 4.79 Å². The number of nitrogens with zero attached hydrogens (tertiary/aromatic N) is 3. The van der Waals surface area contributed by atoms with Crippen molar-refractivity contribution >= 4 is 40.0 Å². The van der Waals surface area contributed by atoms with Gasteiger partial charge >= 0.3 is 5.97 Å². The lowest BCUT2D eigenvalue weighted by Crippen LogP contribution is -2.16. The van der Waals surface area contributed by atoms with Gasteiger partial charge in [0.25, 0.3) is 0 Å². The minimum atomic E-state index is -0.405. The van der Waals surface area contributed by atoms with Crippen LogP contribution in [0.4, 0.5) is 5.00 Å². The van der Waals surface area contributed by atoms with Crippen LogP contribution in [0, 0.1) is 13.8 Å². The first-order chi connectivity index (χ1) is 16.3. The molecular weight excluding hydrogens is 472 g/mol. The fraction of sp³-hybridized carbons (Fsp3) is 0.417. The number of anilines is 1. The standard InChI is InChI=1S/C24H28N4O4S2/c1-13-9-10-17(14(2)11-13)32-15(3)21-26-27-24(28(21)4)33-12-19(29)25-22-20(23(30)31-5)16-7-6-8-18(16)34-22/h9-11,15H,6-8,12H2,1-5H3,(H,25,29). The van der Waals surface area contributed by atoms with Crippen molar-refractivity contribution in [3.63, 3.8) is 0 Å². The van der Waals surface area contributed by atoms with Gasteiger partial charge in [0, 0.05) is 11.9 Å². The smallest absolute Gasteiger partial charge is 0.341 e. The highest BCUT2D eigenvalue weighted by Crippen LogP contribution is 2.39. The molecule has 1 aliphatic carbocycles. The Kier molecular flexibility index (Phi) is 7.27. The maximum absolute atomic E-state index is 12.7. The molecule has 1 aliphatic rings. The maximum atomic E-state index is 12.7. The van der Waals surface area contributed by atoms with Crippen molar-refractivity contribution in [1.82, 2.24) is 14.8 Å². The minimum Gasteiger partial charge on any atom is -0.482 e. The van der Waals surface area contributed by atoms with Crippen LogP contribution in [0.3, 0.4) is 0 Å². The van der Waals surface area contributed by atoms with Gasteiger partial charge in [-0.3, -0.25) is 4.79 Å². The average Bonchev–Trinajstić information content (AvgIpc) is 3.48. The van der Waals surface area contributed by atoms with Gasteiger partial charge in [0.2, 0.25) is 5.91 Å². The molecule has 2 aromatic heterocycles. The average molecular weight is 501 g/mol. The van der Waals surface area contributed by atoms with Crippen molar-refractivity contribution in [1.29, 1.82) is 0 Å². The van der Waals surface area contributed by atoms with E-state index in [1.807, 2.05) is 44.5 Å². The molecule has 0 fully saturated rings. The Bertz CT molecular complexity index is 1230. The lowest BCUT2D eigenvalue weighted by atomic mass is 10.1. The summed E-state index contributed by atoms with van der Waals surface area (Å²) in [7, 11) is 3.22. The Labute approximate surface area is 207 Å². The number of carbonyl (C=O) groups excluding carboxylic acids is 2. The minimum absolute atomic E-state index is 0.140. The first-order valence-electron chi connectivity index (χ1n) is 11.1. The number of esters is 1. The summed E-state index contributed by atoms with van der Waals surface area (Å²) in [5, 5.41) is 12.6. The van der Waals surface area contributed by atoms with Gasteiger partial charge in [0.05, 0.1) is 18.4 Å². The lowest BCUT2D eigenvalue weighted by Gasteiger charge is -2.16. The van der Waals surface area contributed by atoms with E-state index in [0.717, 1.165) is 41.0 Å². The Morgan fingerprint density at radius 2 is 2.06 bits per heavy atom. The molecule has 2 heterocycles. The van der Waals surface area contributed by atoms with Crippen LogP contribution in [-0.2, 0) is 29.4 Å². The van der Waals surface area contributed by atoms with Gasteiger partial charge in [-0.2, -0.15) is 0 Å². The molecule has 0 saturated carbocycles. The summed E-state index contributed by atoms with van der Waals surface area (Å²) < 4.78 is 12.9. The van der Waals surface area contributed by atoms with E-state index < -0.39 is 5.97 Å². The van der Waals surface area contributed by atoms with Crippen LogP contribution in [0.15, 0.2) is 23.4 Å². The zero-order chi connectivity index (χ0) is 24.4. The van der Waals surface area contributed by atoms with Crippen molar-refractivity contribution in [3.05, 3.63) is 51.2 Å². The van der Waals surface area contributed by atoms with Crippen LogP contribution in [0.5, 0.6) is 5.75 Å². The number of amides is 1. The van der Waals surface area contributed by atoms with Gasteiger partial charge in [-0.05, 0) is 57.2 Å². The molecule has 1 atom stereocenters. The molecule has 1 aromatic carbocycles. The molecule has 10 heteroatoms. The fourth-order valence-electron chi connectivity index (χ4n) is 4.08. The summed E-state index contributed by atoms with van der Waals surface area (Å²) in [6, 6.07) is 6.05. The van der Waals surface area contributed by atoms with Crippen LogP contribution in [0.2, 0.25) is 0 Å².